The number of aromatic carboxylic acids is 1. The Bertz CT molecular complexity index is 397. The third-order valence-corrected chi connectivity index (χ3v) is 1.73. The van der Waals surface area contributed by atoms with Crippen molar-refractivity contribution in [2.24, 2.45) is 0 Å². The van der Waals surface area contributed by atoms with Crippen LogP contribution in [0.3, 0.4) is 0 Å². The smallest absolute Gasteiger partial charge is 0.478 e. The summed E-state index contributed by atoms with van der Waals surface area (Å²) in [6, 6.07) is 4.45. The van der Waals surface area contributed by atoms with E-state index >= 15 is 0 Å². The van der Waals surface area contributed by atoms with E-state index in [0.29, 0.717) is 0 Å². The lowest BCUT2D eigenvalue weighted by Gasteiger charge is -2.06. The molecule has 5 heteroatoms. The van der Waals surface area contributed by atoms with Gasteiger partial charge in [-0.15, -0.1) is 0 Å². The third kappa shape index (κ3) is 2.70. The monoisotopic (exact) mass is 210 g/mol. The van der Waals surface area contributed by atoms with Gasteiger partial charge in [-0.2, -0.15) is 0 Å². The molecule has 0 aromatic heterocycles. The number of benzene rings is 1. The van der Waals surface area contributed by atoms with Crippen LogP contribution in [0.4, 0.5) is 4.79 Å². The molecule has 1 N–H and O–H groups in total. The van der Waals surface area contributed by atoms with Gasteiger partial charge in [-0.3, -0.25) is 0 Å². The number of carboxylic acids is 1. The Morgan fingerprint density at radius 1 is 1.33 bits per heavy atom. The molecule has 0 saturated heterocycles. The van der Waals surface area contributed by atoms with Crippen LogP contribution in [-0.2, 0) is 4.74 Å². The summed E-state index contributed by atoms with van der Waals surface area (Å²) in [5.41, 5.74) is 0.713. The average molecular weight is 210 g/mol. The van der Waals surface area contributed by atoms with Crippen molar-refractivity contribution in [2.45, 2.75) is 6.92 Å². The number of aryl methyl sites for hydroxylation is 1. The number of carbonyl (C=O) groups is 2. The van der Waals surface area contributed by atoms with Gasteiger partial charge in [0.15, 0.2) is 0 Å². The Balaban J connectivity index is 3.07. The molecular formula is C10H10O5. The van der Waals surface area contributed by atoms with Crippen molar-refractivity contribution in [2.75, 3.05) is 7.11 Å². The van der Waals surface area contributed by atoms with Gasteiger partial charge in [0.25, 0.3) is 0 Å². The van der Waals surface area contributed by atoms with Gasteiger partial charge in [0, 0.05) is 0 Å². The first-order valence-electron chi connectivity index (χ1n) is 4.14. The molecule has 0 atom stereocenters. The number of carboxylic acid groups (broad SMARTS) is 1. The van der Waals surface area contributed by atoms with Gasteiger partial charge in [-0.25, -0.2) is 9.59 Å². The standard InChI is InChI=1S/C10H10O5/c1-6-3-4-7(9(11)12)8(5-6)15-10(13)14-2/h3-5H,1-2H3,(H,11,12). The third-order valence-electron chi connectivity index (χ3n) is 1.73. The van der Waals surface area contributed by atoms with Gasteiger partial charge >= 0.3 is 12.1 Å². The highest BCUT2D eigenvalue weighted by Gasteiger charge is 2.14. The summed E-state index contributed by atoms with van der Waals surface area (Å²) in [4.78, 5) is 21.6. The molecule has 0 aliphatic carbocycles. The maximum absolute atomic E-state index is 10.8. The molecule has 0 amide bonds. The van der Waals surface area contributed by atoms with Crippen LogP contribution in [0.2, 0.25) is 0 Å². The van der Waals surface area contributed by atoms with Crippen LogP contribution in [0.15, 0.2) is 18.2 Å². The van der Waals surface area contributed by atoms with Crippen LogP contribution in [0.25, 0.3) is 0 Å². The maximum Gasteiger partial charge on any atom is 0.513 e. The minimum atomic E-state index is -1.16. The number of carbonyl (C=O) groups excluding carboxylic acids is 1. The molecule has 1 rings (SSSR count). The van der Waals surface area contributed by atoms with Gasteiger partial charge in [0.1, 0.15) is 11.3 Å². The molecule has 0 unspecified atom stereocenters. The highest BCUT2D eigenvalue weighted by Crippen LogP contribution is 2.20. The zero-order valence-electron chi connectivity index (χ0n) is 8.31. The molecule has 0 spiro atoms. The van der Waals surface area contributed by atoms with E-state index in [1.54, 1.807) is 13.0 Å². The predicted molar refractivity (Wildman–Crippen MR) is 51.2 cm³/mol. The van der Waals surface area contributed by atoms with Gasteiger partial charge in [-0.05, 0) is 24.6 Å². The van der Waals surface area contributed by atoms with Gasteiger partial charge in [-0.1, -0.05) is 6.07 Å². The van der Waals surface area contributed by atoms with E-state index < -0.39 is 12.1 Å². The van der Waals surface area contributed by atoms with E-state index in [0.717, 1.165) is 12.7 Å². The van der Waals surface area contributed by atoms with Crippen molar-refractivity contribution in [1.29, 1.82) is 0 Å². The SMILES string of the molecule is COC(=O)Oc1cc(C)ccc1C(=O)O. The highest BCUT2D eigenvalue weighted by molar-refractivity contribution is 5.91. The van der Waals surface area contributed by atoms with Gasteiger partial charge < -0.3 is 14.6 Å². The Morgan fingerprint density at radius 3 is 2.53 bits per heavy atom. The lowest BCUT2D eigenvalue weighted by Crippen LogP contribution is -2.11. The predicted octanol–water partition coefficient (Wildman–Crippen LogP) is 1.84. The fourth-order valence-corrected chi connectivity index (χ4v) is 1.02. The number of ether oxygens (including phenoxy) is 2. The lowest BCUT2D eigenvalue weighted by atomic mass is 10.1. The van der Waals surface area contributed by atoms with Crippen LogP contribution in [0.5, 0.6) is 5.75 Å². The van der Waals surface area contributed by atoms with Crippen molar-refractivity contribution in [3.63, 3.8) is 0 Å². The molecule has 15 heavy (non-hydrogen) atoms. The van der Waals surface area contributed by atoms with E-state index in [-0.39, 0.29) is 11.3 Å². The molecule has 80 valence electrons. The van der Waals surface area contributed by atoms with Crippen LogP contribution in [0, 0.1) is 6.92 Å². The van der Waals surface area contributed by atoms with E-state index in [1.165, 1.54) is 12.1 Å². The van der Waals surface area contributed by atoms with E-state index in [9.17, 15) is 9.59 Å². The molecule has 0 radical (unpaired) electrons. The first kappa shape index (κ1) is 11.0. The van der Waals surface area contributed by atoms with Crippen LogP contribution in [0.1, 0.15) is 15.9 Å². The van der Waals surface area contributed by atoms with Crippen molar-refractivity contribution in [3.05, 3.63) is 29.3 Å². The summed E-state index contributed by atoms with van der Waals surface area (Å²) in [6.45, 7) is 1.76. The second kappa shape index (κ2) is 4.45. The zero-order chi connectivity index (χ0) is 11.4. The molecule has 0 heterocycles. The summed E-state index contributed by atoms with van der Waals surface area (Å²) < 4.78 is 8.97. The van der Waals surface area contributed by atoms with Crippen molar-refractivity contribution < 1.29 is 24.2 Å². The number of hydrogen-bond donors (Lipinski definition) is 1. The molecule has 0 saturated carbocycles. The number of hydrogen-bond acceptors (Lipinski definition) is 4. The topological polar surface area (TPSA) is 72.8 Å². The number of methoxy groups -OCH3 is 1. The molecule has 0 aliphatic heterocycles. The van der Waals surface area contributed by atoms with E-state index in [4.69, 9.17) is 9.84 Å². The first-order chi connectivity index (χ1) is 7.04. The second-order valence-corrected chi connectivity index (χ2v) is 2.86. The summed E-state index contributed by atoms with van der Waals surface area (Å²) in [6.07, 6.45) is -0.942. The largest absolute Gasteiger partial charge is 0.513 e. The van der Waals surface area contributed by atoms with Gasteiger partial charge in [0.05, 0.1) is 7.11 Å². The minimum Gasteiger partial charge on any atom is -0.478 e. The van der Waals surface area contributed by atoms with Crippen molar-refractivity contribution in [1.82, 2.24) is 0 Å². The van der Waals surface area contributed by atoms with Crippen LogP contribution in [-0.4, -0.2) is 24.3 Å². The second-order valence-electron chi connectivity index (χ2n) is 2.86. The fraction of sp³-hybridized carbons (Fsp3) is 0.200. The average Bonchev–Trinajstić information content (AvgIpc) is 2.17. The molecular weight excluding hydrogens is 200 g/mol. The van der Waals surface area contributed by atoms with Crippen LogP contribution >= 0.6 is 0 Å². The van der Waals surface area contributed by atoms with Crippen molar-refractivity contribution >= 4 is 12.1 Å². The summed E-state index contributed by atoms with van der Waals surface area (Å²) >= 11 is 0. The Kier molecular flexibility index (Phi) is 3.28. The Labute approximate surface area is 86.2 Å². The van der Waals surface area contributed by atoms with E-state index in [2.05, 4.69) is 4.74 Å². The molecule has 0 aliphatic rings. The fourth-order valence-electron chi connectivity index (χ4n) is 1.02. The summed E-state index contributed by atoms with van der Waals surface area (Å²) in [5.74, 6) is -1.18. The number of rotatable bonds is 2. The molecule has 0 bridgehead atoms. The van der Waals surface area contributed by atoms with Crippen LogP contribution < -0.4 is 4.74 Å². The van der Waals surface area contributed by atoms with Crippen molar-refractivity contribution in [3.8, 4) is 5.75 Å². The lowest BCUT2D eigenvalue weighted by molar-refractivity contribution is 0.0692. The first-order valence-corrected chi connectivity index (χ1v) is 4.14. The quantitative estimate of drug-likeness (QED) is 0.595. The summed E-state index contributed by atoms with van der Waals surface area (Å²) in [7, 11) is 1.15. The Hall–Kier alpha value is -2.04. The van der Waals surface area contributed by atoms with Gasteiger partial charge in [0.2, 0.25) is 0 Å². The minimum absolute atomic E-state index is 0.0191. The maximum atomic E-state index is 10.8. The summed E-state index contributed by atoms with van der Waals surface area (Å²) in [5, 5.41) is 8.81. The molecule has 1 aromatic carbocycles. The highest BCUT2D eigenvalue weighted by atomic mass is 16.7. The molecule has 0 fully saturated rings. The zero-order valence-corrected chi connectivity index (χ0v) is 8.31. The normalized spacial score (nSPS) is 9.47. The molecule has 1 aromatic rings. The molecule has 5 nitrogen and oxygen atoms in total. The van der Waals surface area contributed by atoms with E-state index in [1.807, 2.05) is 0 Å². The Morgan fingerprint density at radius 2 is 2.00 bits per heavy atom.